The predicted molar refractivity (Wildman–Crippen MR) is 56.3 cm³/mol. The quantitative estimate of drug-likeness (QED) is 0.635. The van der Waals surface area contributed by atoms with Gasteiger partial charge in [0.15, 0.2) is 0 Å². The Labute approximate surface area is 76.6 Å². The summed E-state index contributed by atoms with van der Waals surface area (Å²) in [5.74, 6) is 0. The highest BCUT2D eigenvalue weighted by atomic mass is 14.9. The zero-order valence-corrected chi connectivity index (χ0v) is 8.72. The second-order valence-corrected chi connectivity index (χ2v) is 4.28. The molecule has 0 radical (unpaired) electrons. The molecule has 0 spiro atoms. The van der Waals surface area contributed by atoms with Gasteiger partial charge in [-0.3, -0.25) is 0 Å². The summed E-state index contributed by atoms with van der Waals surface area (Å²) in [6.45, 7) is 10.4. The molecule has 0 aromatic rings. The van der Waals surface area contributed by atoms with Crippen LogP contribution in [0.1, 0.15) is 27.2 Å². The zero-order chi connectivity index (χ0) is 9.61. The van der Waals surface area contributed by atoms with Crippen LogP contribution < -0.4 is 5.32 Å². The van der Waals surface area contributed by atoms with Crippen LogP contribution in [-0.4, -0.2) is 13.1 Å². The van der Waals surface area contributed by atoms with Gasteiger partial charge >= 0.3 is 0 Å². The van der Waals surface area contributed by atoms with Gasteiger partial charge in [-0.25, -0.2) is 0 Å². The molecule has 0 saturated carbocycles. The van der Waals surface area contributed by atoms with Gasteiger partial charge in [-0.05, 0) is 18.9 Å². The number of likely N-dealkylation sites (N-methyl/N-ethyl adjacent to an activating group) is 1. The van der Waals surface area contributed by atoms with Crippen molar-refractivity contribution >= 4 is 0 Å². The van der Waals surface area contributed by atoms with Crippen molar-refractivity contribution in [3.05, 3.63) is 24.8 Å². The third-order valence-corrected chi connectivity index (χ3v) is 1.68. The predicted octanol–water partition coefficient (Wildman–Crippen LogP) is 2.75. The fraction of sp³-hybridized carbons (Fsp3) is 0.636. The third-order valence-electron chi connectivity index (χ3n) is 1.68. The third kappa shape index (κ3) is 6.17. The highest BCUT2D eigenvalue weighted by Crippen LogP contribution is 2.20. The second-order valence-electron chi connectivity index (χ2n) is 4.28. The summed E-state index contributed by atoms with van der Waals surface area (Å²) in [5, 5.41) is 3.26. The first-order valence-electron chi connectivity index (χ1n) is 4.46. The molecule has 0 bridgehead atoms. The molecular weight excluding hydrogens is 146 g/mol. The molecule has 12 heavy (non-hydrogen) atoms. The van der Waals surface area contributed by atoms with E-state index in [-0.39, 0.29) is 0 Å². The van der Waals surface area contributed by atoms with Crippen LogP contribution in [-0.2, 0) is 0 Å². The van der Waals surface area contributed by atoms with Gasteiger partial charge < -0.3 is 5.32 Å². The SMILES string of the molecule is C=C/C=C\C(CC(C)(C)C)NC. The summed E-state index contributed by atoms with van der Waals surface area (Å²) in [4.78, 5) is 0. The fourth-order valence-electron chi connectivity index (χ4n) is 1.14. The molecule has 0 aliphatic rings. The van der Waals surface area contributed by atoms with E-state index in [0.717, 1.165) is 6.42 Å². The molecule has 0 aliphatic heterocycles. The maximum absolute atomic E-state index is 3.65. The maximum Gasteiger partial charge on any atom is 0.0255 e. The van der Waals surface area contributed by atoms with Gasteiger partial charge in [-0.2, -0.15) is 0 Å². The highest BCUT2D eigenvalue weighted by molar-refractivity contribution is 5.03. The van der Waals surface area contributed by atoms with Gasteiger partial charge in [0.2, 0.25) is 0 Å². The van der Waals surface area contributed by atoms with Crippen molar-refractivity contribution in [1.82, 2.24) is 5.32 Å². The van der Waals surface area contributed by atoms with Crippen LogP contribution in [0.4, 0.5) is 0 Å². The van der Waals surface area contributed by atoms with E-state index >= 15 is 0 Å². The standard InChI is InChI=1S/C11H21N/c1-6-7-8-10(12-5)9-11(2,3)4/h6-8,10,12H,1,9H2,2-5H3/b8-7-. The lowest BCUT2D eigenvalue weighted by molar-refractivity contribution is 0.343. The fourth-order valence-corrected chi connectivity index (χ4v) is 1.14. The summed E-state index contributed by atoms with van der Waals surface area (Å²) < 4.78 is 0. The molecule has 0 aromatic carbocycles. The molecule has 0 heterocycles. The second kappa shape index (κ2) is 5.15. The molecule has 0 aliphatic carbocycles. The molecule has 0 rings (SSSR count). The van der Waals surface area contributed by atoms with E-state index in [9.17, 15) is 0 Å². The van der Waals surface area contributed by atoms with Crippen molar-refractivity contribution in [2.45, 2.75) is 33.2 Å². The van der Waals surface area contributed by atoms with Crippen molar-refractivity contribution in [3.63, 3.8) is 0 Å². The Morgan fingerprint density at radius 2 is 2.00 bits per heavy atom. The van der Waals surface area contributed by atoms with Crippen molar-refractivity contribution < 1.29 is 0 Å². The Morgan fingerprint density at radius 1 is 1.42 bits per heavy atom. The number of hydrogen-bond donors (Lipinski definition) is 1. The van der Waals surface area contributed by atoms with Gasteiger partial charge in [0, 0.05) is 6.04 Å². The summed E-state index contributed by atoms with van der Waals surface area (Å²) >= 11 is 0. The Bertz CT molecular complexity index is 151. The van der Waals surface area contributed by atoms with Crippen molar-refractivity contribution in [2.24, 2.45) is 5.41 Å². The minimum atomic E-state index is 0.374. The molecule has 70 valence electrons. The van der Waals surface area contributed by atoms with E-state index in [2.05, 4.69) is 38.7 Å². The van der Waals surface area contributed by atoms with E-state index < -0.39 is 0 Å². The molecular formula is C11H21N. The molecule has 1 unspecified atom stereocenters. The lowest BCUT2D eigenvalue weighted by atomic mass is 9.88. The van der Waals surface area contributed by atoms with Crippen LogP contribution in [0.25, 0.3) is 0 Å². The van der Waals surface area contributed by atoms with Gasteiger partial charge in [0.25, 0.3) is 0 Å². The first kappa shape index (κ1) is 11.4. The van der Waals surface area contributed by atoms with Crippen molar-refractivity contribution in [1.29, 1.82) is 0 Å². The smallest absolute Gasteiger partial charge is 0.0255 e. The van der Waals surface area contributed by atoms with Gasteiger partial charge in [0.1, 0.15) is 0 Å². The Hall–Kier alpha value is -0.560. The summed E-state index contributed by atoms with van der Waals surface area (Å²) in [5.41, 5.74) is 0.374. The molecule has 1 N–H and O–H groups in total. The van der Waals surface area contributed by atoms with Crippen LogP contribution in [0.5, 0.6) is 0 Å². The van der Waals surface area contributed by atoms with Crippen LogP contribution in [0.3, 0.4) is 0 Å². The van der Waals surface area contributed by atoms with Crippen LogP contribution in [0.2, 0.25) is 0 Å². The molecule has 1 heteroatoms. The van der Waals surface area contributed by atoms with Crippen LogP contribution in [0, 0.1) is 5.41 Å². The van der Waals surface area contributed by atoms with Gasteiger partial charge in [-0.1, -0.05) is 45.6 Å². The van der Waals surface area contributed by atoms with Crippen LogP contribution >= 0.6 is 0 Å². The first-order chi connectivity index (χ1) is 5.49. The van der Waals surface area contributed by atoms with E-state index in [1.165, 1.54) is 0 Å². The molecule has 1 nitrogen and oxygen atoms in total. The maximum atomic E-state index is 3.65. The monoisotopic (exact) mass is 167 g/mol. The van der Waals surface area contributed by atoms with Crippen LogP contribution in [0.15, 0.2) is 24.8 Å². The van der Waals surface area contributed by atoms with Crippen molar-refractivity contribution in [3.8, 4) is 0 Å². The average molecular weight is 167 g/mol. The molecule has 0 fully saturated rings. The number of nitrogens with one attached hydrogen (secondary N) is 1. The van der Waals surface area contributed by atoms with E-state index in [0.29, 0.717) is 11.5 Å². The summed E-state index contributed by atoms with van der Waals surface area (Å²) in [6, 6.07) is 0.461. The van der Waals surface area contributed by atoms with E-state index in [1.54, 1.807) is 0 Å². The van der Waals surface area contributed by atoms with Crippen molar-refractivity contribution in [2.75, 3.05) is 7.05 Å². The molecule has 0 aromatic heterocycles. The lowest BCUT2D eigenvalue weighted by Gasteiger charge is -2.23. The highest BCUT2D eigenvalue weighted by Gasteiger charge is 2.14. The topological polar surface area (TPSA) is 12.0 Å². The molecule has 0 saturated heterocycles. The van der Waals surface area contributed by atoms with Gasteiger partial charge in [0.05, 0.1) is 0 Å². The van der Waals surface area contributed by atoms with E-state index in [1.807, 2.05) is 19.2 Å². The minimum absolute atomic E-state index is 0.374. The minimum Gasteiger partial charge on any atom is -0.314 e. The van der Waals surface area contributed by atoms with Gasteiger partial charge in [-0.15, -0.1) is 0 Å². The molecule has 0 amide bonds. The van der Waals surface area contributed by atoms with E-state index in [4.69, 9.17) is 0 Å². The largest absolute Gasteiger partial charge is 0.314 e. The normalized spacial score (nSPS) is 15.0. The number of hydrogen-bond acceptors (Lipinski definition) is 1. The zero-order valence-electron chi connectivity index (χ0n) is 8.72. The lowest BCUT2D eigenvalue weighted by Crippen LogP contribution is -2.27. The first-order valence-corrected chi connectivity index (χ1v) is 4.46. The number of allylic oxidation sites excluding steroid dienone is 2. The Morgan fingerprint density at radius 3 is 2.33 bits per heavy atom. The number of rotatable bonds is 4. The molecule has 1 atom stereocenters. The Kier molecular flexibility index (Phi) is 4.91. The Balaban J connectivity index is 3.99. The summed E-state index contributed by atoms with van der Waals surface area (Å²) in [6.07, 6.45) is 7.10. The average Bonchev–Trinajstić information content (AvgIpc) is 1.95. The summed E-state index contributed by atoms with van der Waals surface area (Å²) in [7, 11) is 1.99.